The predicted octanol–water partition coefficient (Wildman–Crippen LogP) is 1.44. The Labute approximate surface area is 89.5 Å². The predicted molar refractivity (Wildman–Crippen MR) is 59.8 cm³/mol. The van der Waals surface area contributed by atoms with Gasteiger partial charge in [0.1, 0.15) is 5.83 Å². The minimum absolute atomic E-state index is 0.0284. The third kappa shape index (κ3) is 4.08. The number of carbonyl (C=O) groups is 1. The monoisotopic (exact) mass is 212 g/mol. The third-order valence-electron chi connectivity index (χ3n) is 1.73. The van der Waals surface area contributed by atoms with Crippen LogP contribution in [0, 0.1) is 0 Å². The van der Waals surface area contributed by atoms with Crippen molar-refractivity contribution in [2.75, 3.05) is 6.54 Å². The lowest BCUT2D eigenvalue weighted by atomic mass is 10.1. The molecule has 0 atom stereocenters. The maximum Gasteiger partial charge on any atom is 0.251 e. The molecule has 3 N–H and O–H groups in total. The van der Waals surface area contributed by atoms with E-state index in [1.54, 1.807) is 0 Å². The van der Waals surface area contributed by atoms with Gasteiger partial charge in [-0.15, -0.1) is 0 Å². The highest BCUT2D eigenvalue weighted by atomic mass is 19.1. The Morgan fingerprint density at radius 3 is 2.40 bits per heavy atom. The van der Waals surface area contributed by atoms with Crippen molar-refractivity contribution in [3.05, 3.63) is 36.2 Å². The summed E-state index contributed by atoms with van der Waals surface area (Å²) in [6, 6.07) is -0.0284. The van der Waals surface area contributed by atoms with Crippen LogP contribution in [0.2, 0.25) is 0 Å². The summed E-state index contributed by atoms with van der Waals surface area (Å²) in [7, 11) is 0. The minimum atomic E-state index is -0.702. The van der Waals surface area contributed by atoms with Crippen LogP contribution in [0.25, 0.3) is 0 Å². The maximum absolute atomic E-state index is 12.9. The van der Waals surface area contributed by atoms with Crippen molar-refractivity contribution in [3.8, 4) is 0 Å². The Balaban J connectivity index is 5.10. The van der Waals surface area contributed by atoms with Crippen molar-refractivity contribution in [2.45, 2.75) is 19.9 Å². The Morgan fingerprint density at radius 1 is 1.60 bits per heavy atom. The van der Waals surface area contributed by atoms with Crippen molar-refractivity contribution < 1.29 is 9.18 Å². The number of nitrogens with one attached hydrogen (secondary N) is 1. The van der Waals surface area contributed by atoms with Crippen LogP contribution in [0.1, 0.15) is 13.8 Å². The van der Waals surface area contributed by atoms with Crippen LogP contribution >= 0.6 is 0 Å². The number of hydrogen-bond donors (Lipinski definition) is 2. The van der Waals surface area contributed by atoms with Gasteiger partial charge in [-0.3, -0.25) is 4.79 Å². The summed E-state index contributed by atoms with van der Waals surface area (Å²) < 4.78 is 12.9. The first kappa shape index (κ1) is 13.6. The summed E-state index contributed by atoms with van der Waals surface area (Å²) in [6.07, 6.45) is 1.28. The molecule has 0 radical (unpaired) electrons. The highest BCUT2D eigenvalue weighted by molar-refractivity contribution is 5.97. The fourth-order valence-corrected chi connectivity index (χ4v) is 1.06. The standard InChI is InChI=1S/C11H17FN2O/c1-5-9(10(6-13)8(4)12)11(15)14-7(2)3/h5,7H,1,4,6,13H2,2-3H3,(H,14,15)/b10-9+. The molecule has 3 nitrogen and oxygen atoms in total. The molecule has 1 amide bonds. The van der Waals surface area contributed by atoms with Crippen LogP contribution in [0.4, 0.5) is 4.39 Å². The van der Waals surface area contributed by atoms with Gasteiger partial charge in [0.05, 0.1) is 0 Å². The van der Waals surface area contributed by atoms with Gasteiger partial charge in [-0.25, -0.2) is 4.39 Å². The fourth-order valence-electron chi connectivity index (χ4n) is 1.06. The van der Waals surface area contributed by atoms with E-state index in [0.717, 1.165) is 0 Å². The van der Waals surface area contributed by atoms with E-state index in [1.807, 2.05) is 13.8 Å². The SMILES string of the molecule is C=C/C(C(=O)NC(C)C)=C(/CN)C(=C)F. The lowest BCUT2D eigenvalue weighted by Gasteiger charge is -2.11. The van der Waals surface area contributed by atoms with Crippen LogP contribution in [0.3, 0.4) is 0 Å². The highest BCUT2D eigenvalue weighted by Gasteiger charge is 2.14. The van der Waals surface area contributed by atoms with Gasteiger partial charge < -0.3 is 11.1 Å². The van der Waals surface area contributed by atoms with Crippen LogP contribution in [0.5, 0.6) is 0 Å². The van der Waals surface area contributed by atoms with E-state index in [0.29, 0.717) is 0 Å². The second kappa shape index (κ2) is 6.14. The number of rotatable bonds is 5. The molecular weight excluding hydrogens is 195 g/mol. The van der Waals surface area contributed by atoms with Crippen molar-refractivity contribution in [1.82, 2.24) is 5.32 Å². The van der Waals surface area contributed by atoms with Crippen LogP contribution < -0.4 is 11.1 Å². The molecule has 0 heterocycles. The molecule has 0 fully saturated rings. The second-order valence-corrected chi connectivity index (χ2v) is 3.33. The molecule has 0 aliphatic rings. The Morgan fingerprint density at radius 2 is 2.13 bits per heavy atom. The van der Waals surface area contributed by atoms with Gasteiger partial charge in [0.15, 0.2) is 0 Å². The largest absolute Gasteiger partial charge is 0.350 e. The molecule has 0 aromatic rings. The van der Waals surface area contributed by atoms with E-state index in [2.05, 4.69) is 18.5 Å². The zero-order valence-corrected chi connectivity index (χ0v) is 9.14. The number of nitrogens with two attached hydrogens (primary N) is 1. The van der Waals surface area contributed by atoms with Gasteiger partial charge in [0.2, 0.25) is 0 Å². The molecule has 0 aliphatic heterocycles. The van der Waals surface area contributed by atoms with Crippen LogP contribution in [0.15, 0.2) is 36.2 Å². The molecule has 0 aliphatic carbocycles. The summed E-state index contributed by atoms with van der Waals surface area (Å²) in [5.74, 6) is -1.09. The first-order valence-corrected chi connectivity index (χ1v) is 4.65. The fraction of sp³-hybridized carbons (Fsp3) is 0.364. The Kier molecular flexibility index (Phi) is 5.56. The lowest BCUT2D eigenvalue weighted by molar-refractivity contribution is -0.117. The molecule has 0 saturated carbocycles. The molecule has 0 bridgehead atoms. The molecule has 0 rings (SSSR count). The summed E-state index contributed by atoms with van der Waals surface area (Å²) in [5.41, 5.74) is 5.56. The van der Waals surface area contributed by atoms with Crippen molar-refractivity contribution >= 4 is 5.91 Å². The van der Waals surface area contributed by atoms with Crippen molar-refractivity contribution in [1.29, 1.82) is 0 Å². The van der Waals surface area contributed by atoms with Crippen molar-refractivity contribution in [3.63, 3.8) is 0 Å². The quantitative estimate of drug-likeness (QED) is 0.535. The molecule has 4 heteroatoms. The topological polar surface area (TPSA) is 55.1 Å². The van der Waals surface area contributed by atoms with Gasteiger partial charge in [0.25, 0.3) is 5.91 Å². The molecule has 0 spiro atoms. The average Bonchev–Trinajstić information content (AvgIpc) is 2.11. The van der Waals surface area contributed by atoms with E-state index in [9.17, 15) is 9.18 Å². The zero-order valence-electron chi connectivity index (χ0n) is 9.14. The second-order valence-electron chi connectivity index (χ2n) is 3.33. The van der Waals surface area contributed by atoms with Gasteiger partial charge >= 0.3 is 0 Å². The molecule has 0 saturated heterocycles. The lowest BCUT2D eigenvalue weighted by Crippen LogP contribution is -2.32. The number of halogens is 1. The molecule has 84 valence electrons. The summed E-state index contributed by atoms with van der Waals surface area (Å²) >= 11 is 0. The number of carbonyl (C=O) groups excluding carboxylic acids is 1. The first-order valence-electron chi connectivity index (χ1n) is 4.65. The first-order chi connectivity index (χ1) is 6.93. The summed E-state index contributed by atoms with van der Waals surface area (Å²) in [6.45, 7) is 10.1. The zero-order chi connectivity index (χ0) is 12.0. The smallest absolute Gasteiger partial charge is 0.251 e. The molecule has 0 aromatic heterocycles. The van der Waals surface area contributed by atoms with Gasteiger partial charge in [-0.1, -0.05) is 19.2 Å². The normalized spacial score (nSPS) is 12.1. The van der Waals surface area contributed by atoms with E-state index in [4.69, 9.17) is 5.73 Å². The van der Waals surface area contributed by atoms with Gasteiger partial charge in [0, 0.05) is 23.7 Å². The van der Waals surface area contributed by atoms with Gasteiger partial charge in [-0.2, -0.15) is 0 Å². The van der Waals surface area contributed by atoms with Crippen LogP contribution in [-0.4, -0.2) is 18.5 Å². The Bertz CT molecular complexity index is 306. The average molecular weight is 212 g/mol. The highest BCUT2D eigenvalue weighted by Crippen LogP contribution is 2.14. The van der Waals surface area contributed by atoms with Crippen LogP contribution in [-0.2, 0) is 4.79 Å². The summed E-state index contributed by atoms with van der Waals surface area (Å²) in [4.78, 5) is 11.6. The Hall–Kier alpha value is -1.42. The number of hydrogen-bond acceptors (Lipinski definition) is 2. The van der Waals surface area contributed by atoms with Crippen molar-refractivity contribution in [2.24, 2.45) is 5.73 Å². The molecule has 0 unspecified atom stereocenters. The maximum atomic E-state index is 12.9. The van der Waals surface area contributed by atoms with E-state index < -0.39 is 5.83 Å². The van der Waals surface area contributed by atoms with E-state index >= 15 is 0 Å². The van der Waals surface area contributed by atoms with Gasteiger partial charge in [-0.05, 0) is 13.8 Å². The van der Waals surface area contributed by atoms with E-state index in [-0.39, 0.29) is 29.6 Å². The molecule has 0 aromatic carbocycles. The number of amides is 1. The molecule has 15 heavy (non-hydrogen) atoms. The summed E-state index contributed by atoms with van der Waals surface area (Å²) in [5, 5.41) is 2.63. The van der Waals surface area contributed by atoms with E-state index in [1.165, 1.54) is 6.08 Å². The molecular formula is C11H17FN2O. The minimum Gasteiger partial charge on any atom is -0.350 e. The third-order valence-corrected chi connectivity index (χ3v) is 1.73.